The molecule has 0 aliphatic heterocycles. The Balaban J connectivity index is 1.66. The van der Waals surface area contributed by atoms with E-state index >= 15 is 0 Å². The van der Waals surface area contributed by atoms with Crippen LogP contribution in [0.4, 0.5) is 5.69 Å². The van der Waals surface area contributed by atoms with Crippen molar-refractivity contribution in [3.63, 3.8) is 0 Å². The summed E-state index contributed by atoms with van der Waals surface area (Å²) in [6.07, 6.45) is 1.85. The van der Waals surface area contributed by atoms with Crippen LogP contribution in [-0.4, -0.2) is 23.5 Å². The Bertz CT molecular complexity index is 600. The molecule has 1 heterocycles. The van der Waals surface area contributed by atoms with Crippen LogP contribution in [0.1, 0.15) is 19.6 Å². The van der Waals surface area contributed by atoms with Gasteiger partial charge in [0.1, 0.15) is 11.5 Å². The molecule has 6 heteroatoms. The lowest BCUT2D eigenvalue weighted by molar-refractivity contribution is 0.242. The first kappa shape index (κ1) is 17.7. The Morgan fingerprint density at radius 3 is 2.91 bits per heavy atom. The van der Waals surface area contributed by atoms with Crippen LogP contribution in [-0.2, 0) is 5.75 Å². The molecule has 0 aliphatic rings. The fourth-order valence-corrected chi connectivity index (χ4v) is 2.87. The lowest BCUT2D eigenvalue weighted by Gasteiger charge is -2.13. The number of ether oxygens (including phenoxy) is 1. The fraction of sp³-hybridized carbons (Fsp3) is 0.353. The molecule has 0 unspecified atom stereocenters. The second-order valence-corrected chi connectivity index (χ2v) is 6.72. The number of rotatable bonds is 8. The Labute approximate surface area is 147 Å². The Morgan fingerprint density at radius 2 is 2.17 bits per heavy atom. The van der Waals surface area contributed by atoms with Crippen LogP contribution in [0.5, 0.6) is 5.75 Å². The van der Waals surface area contributed by atoms with E-state index in [9.17, 15) is 0 Å². The summed E-state index contributed by atoms with van der Waals surface area (Å²) in [5.74, 6) is 3.67. The molecule has 0 amide bonds. The molecule has 1 aromatic carbocycles. The molecule has 0 saturated carbocycles. The van der Waals surface area contributed by atoms with E-state index in [1.807, 2.05) is 50.2 Å². The Hall–Kier alpha value is -1.66. The zero-order valence-electron chi connectivity index (χ0n) is 13.4. The van der Waals surface area contributed by atoms with Crippen LogP contribution < -0.4 is 15.4 Å². The molecule has 0 fully saturated rings. The minimum absolute atomic E-state index is 0.154. The van der Waals surface area contributed by atoms with Crippen molar-refractivity contribution in [2.24, 2.45) is 0 Å². The van der Waals surface area contributed by atoms with Crippen LogP contribution in [0.2, 0.25) is 0 Å². The molecule has 4 nitrogen and oxygen atoms in total. The predicted octanol–water partition coefficient (Wildman–Crippen LogP) is 4.29. The summed E-state index contributed by atoms with van der Waals surface area (Å²) in [4.78, 5) is 0. The molecule has 23 heavy (non-hydrogen) atoms. The van der Waals surface area contributed by atoms with E-state index in [0.29, 0.717) is 5.11 Å². The first-order valence-electron chi connectivity index (χ1n) is 7.55. The van der Waals surface area contributed by atoms with E-state index in [-0.39, 0.29) is 6.10 Å². The number of anilines is 1. The van der Waals surface area contributed by atoms with Crippen molar-refractivity contribution in [1.82, 2.24) is 5.32 Å². The Morgan fingerprint density at radius 1 is 1.30 bits per heavy atom. The predicted molar refractivity (Wildman–Crippen MR) is 101 cm³/mol. The van der Waals surface area contributed by atoms with Gasteiger partial charge in [0.15, 0.2) is 5.11 Å². The summed E-state index contributed by atoms with van der Waals surface area (Å²) in [7, 11) is 0. The first-order valence-corrected chi connectivity index (χ1v) is 9.11. The fourth-order valence-electron chi connectivity index (χ4n) is 1.90. The number of benzene rings is 1. The Kier molecular flexibility index (Phi) is 7.29. The molecule has 2 aromatic rings. The number of nitrogens with one attached hydrogen (secondary N) is 2. The monoisotopic (exact) mass is 350 g/mol. The van der Waals surface area contributed by atoms with E-state index in [1.54, 1.807) is 18.0 Å². The van der Waals surface area contributed by atoms with E-state index < -0.39 is 0 Å². The molecule has 0 saturated heterocycles. The highest BCUT2D eigenvalue weighted by molar-refractivity contribution is 7.98. The summed E-state index contributed by atoms with van der Waals surface area (Å²) >= 11 is 7.11. The summed E-state index contributed by atoms with van der Waals surface area (Å²) in [5, 5.41) is 6.99. The van der Waals surface area contributed by atoms with Crippen LogP contribution in [0.3, 0.4) is 0 Å². The SMILES string of the molecule is CC(C)Oc1cccc(NC(=S)NCCSCc2ccco2)c1. The summed E-state index contributed by atoms with van der Waals surface area (Å²) in [5.41, 5.74) is 0.920. The number of hydrogen-bond acceptors (Lipinski definition) is 4. The highest BCUT2D eigenvalue weighted by Gasteiger charge is 2.02. The smallest absolute Gasteiger partial charge is 0.170 e. The second kappa shape index (κ2) is 9.47. The largest absolute Gasteiger partial charge is 0.491 e. The zero-order chi connectivity index (χ0) is 16.5. The molecule has 0 spiro atoms. The molecule has 0 aliphatic carbocycles. The molecule has 0 radical (unpaired) electrons. The zero-order valence-corrected chi connectivity index (χ0v) is 15.0. The topological polar surface area (TPSA) is 46.4 Å². The van der Waals surface area contributed by atoms with Crippen molar-refractivity contribution in [3.05, 3.63) is 48.4 Å². The van der Waals surface area contributed by atoms with E-state index in [1.165, 1.54) is 0 Å². The van der Waals surface area contributed by atoms with Gasteiger partial charge in [-0.2, -0.15) is 11.8 Å². The summed E-state index contributed by atoms with van der Waals surface area (Å²) in [6, 6.07) is 11.7. The van der Waals surface area contributed by atoms with Gasteiger partial charge in [0.25, 0.3) is 0 Å². The standard InChI is InChI=1S/C17H22N2O2S2/c1-13(2)21-15-6-3-5-14(11-15)19-17(22)18-8-10-23-12-16-7-4-9-20-16/h3-7,9,11,13H,8,10,12H2,1-2H3,(H2,18,19,22). The van der Waals surface area contributed by atoms with E-state index in [4.69, 9.17) is 21.4 Å². The van der Waals surface area contributed by atoms with Crippen LogP contribution >= 0.6 is 24.0 Å². The molecular formula is C17H22N2O2S2. The molecular weight excluding hydrogens is 328 g/mol. The molecule has 2 rings (SSSR count). The quantitative estimate of drug-likeness (QED) is 0.547. The van der Waals surface area contributed by atoms with Gasteiger partial charge < -0.3 is 19.8 Å². The van der Waals surface area contributed by atoms with Gasteiger partial charge in [0, 0.05) is 24.1 Å². The van der Waals surface area contributed by atoms with Gasteiger partial charge in [-0.1, -0.05) is 6.07 Å². The van der Waals surface area contributed by atoms with Gasteiger partial charge in [0.05, 0.1) is 18.1 Å². The van der Waals surface area contributed by atoms with Crippen LogP contribution in [0, 0.1) is 0 Å². The van der Waals surface area contributed by atoms with E-state index in [2.05, 4.69) is 10.6 Å². The molecule has 2 N–H and O–H groups in total. The maximum absolute atomic E-state index is 5.67. The molecule has 0 atom stereocenters. The van der Waals surface area contributed by atoms with Crippen molar-refractivity contribution in [1.29, 1.82) is 0 Å². The van der Waals surface area contributed by atoms with Crippen molar-refractivity contribution in [3.8, 4) is 5.75 Å². The lowest BCUT2D eigenvalue weighted by atomic mass is 10.3. The molecule has 1 aromatic heterocycles. The average Bonchev–Trinajstić information content (AvgIpc) is 3.00. The number of furan rings is 1. The van der Waals surface area contributed by atoms with Crippen molar-refractivity contribution >= 4 is 34.8 Å². The van der Waals surface area contributed by atoms with Gasteiger partial charge in [-0.15, -0.1) is 0 Å². The van der Waals surface area contributed by atoms with Crippen molar-refractivity contribution in [2.45, 2.75) is 25.7 Å². The van der Waals surface area contributed by atoms with Gasteiger partial charge in [-0.05, 0) is 50.3 Å². The van der Waals surface area contributed by atoms with E-state index in [0.717, 1.165) is 35.2 Å². The summed E-state index contributed by atoms with van der Waals surface area (Å²) in [6.45, 7) is 4.82. The first-order chi connectivity index (χ1) is 11.1. The highest BCUT2D eigenvalue weighted by atomic mass is 32.2. The second-order valence-electron chi connectivity index (χ2n) is 5.21. The van der Waals surface area contributed by atoms with Gasteiger partial charge in [-0.25, -0.2) is 0 Å². The third-order valence-corrected chi connectivity index (χ3v) is 4.05. The molecule has 124 valence electrons. The number of hydrogen-bond donors (Lipinski definition) is 2. The lowest BCUT2D eigenvalue weighted by Crippen LogP contribution is -2.30. The maximum atomic E-state index is 5.67. The minimum Gasteiger partial charge on any atom is -0.491 e. The summed E-state index contributed by atoms with van der Waals surface area (Å²) < 4.78 is 11.0. The molecule has 0 bridgehead atoms. The third-order valence-electron chi connectivity index (χ3n) is 2.82. The van der Waals surface area contributed by atoms with Crippen molar-refractivity contribution in [2.75, 3.05) is 17.6 Å². The minimum atomic E-state index is 0.154. The third kappa shape index (κ3) is 6.97. The normalized spacial score (nSPS) is 10.6. The van der Waals surface area contributed by atoms with Gasteiger partial charge in [-0.3, -0.25) is 0 Å². The maximum Gasteiger partial charge on any atom is 0.170 e. The number of thiocarbonyl (C=S) groups is 1. The van der Waals surface area contributed by atoms with Gasteiger partial charge >= 0.3 is 0 Å². The van der Waals surface area contributed by atoms with Crippen LogP contribution in [0.15, 0.2) is 47.1 Å². The van der Waals surface area contributed by atoms with Crippen LogP contribution in [0.25, 0.3) is 0 Å². The van der Waals surface area contributed by atoms with Crippen molar-refractivity contribution < 1.29 is 9.15 Å². The highest BCUT2D eigenvalue weighted by Crippen LogP contribution is 2.18. The average molecular weight is 351 g/mol. The van der Waals surface area contributed by atoms with Gasteiger partial charge in [0.2, 0.25) is 0 Å². The number of thioether (sulfide) groups is 1.